The summed E-state index contributed by atoms with van der Waals surface area (Å²) in [6, 6.07) is 0.253. The van der Waals surface area contributed by atoms with E-state index in [1.165, 1.54) is 0 Å². The molecule has 1 aromatic rings. The van der Waals surface area contributed by atoms with Gasteiger partial charge in [-0.05, 0) is 19.8 Å². The quantitative estimate of drug-likeness (QED) is 0.839. The minimum absolute atomic E-state index is 0.0816. The summed E-state index contributed by atoms with van der Waals surface area (Å²) in [5.41, 5.74) is 0.899. The topological polar surface area (TPSA) is 54.5 Å². The van der Waals surface area contributed by atoms with Gasteiger partial charge in [0.1, 0.15) is 11.0 Å². The smallest absolute Gasteiger partial charge is 0.239 e. The summed E-state index contributed by atoms with van der Waals surface area (Å²) in [4.78, 5) is 19.1. The molecule has 7 heteroatoms. The van der Waals surface area contributed by atoms with Crippen molar-refractivity contribution >= 4 is 28.8 Å². The van der Waals surface area contributed by atoms with Gasteiger partial charge in [0.15, 0.2) is 0 Å². The number of halogens is 1. The fourth-order valence-corrected chi connectivity index (χ4v) is 3.67. The molecule has 2 unspecified atom stereocenters. The van der Waals surface area contributed by atoms with Crippen LogP contribution in [0.3, 0.4) is 0 Å². The average Bonchev–Trinajstić information content (AvgIpc) is 3.19. The number of carbonyl (C=O) groups excluding carboxylic acids is 1. The Balaban J connectivity index is 1.71. The number of thiazole rings is 1. The predicted octanol–water partition coefficient (Wildman–Crippen LogP) is 1.92. The molecule has 116 valence electrons. The molecule has 0 spiro atoms. The number of amides is 1. The molecule has 0 bridgehead atoms. The average molecular weight is 330 g/mol. The molecular weight excluding hydrogens is 310 g/mol. The van der Waals surface area contributed by atoms with Crippen LogP contribution in [0.2, 0.25) is 0 Å². The van der Waals surface area contributed by atoms with Crippen molar-refractivity contribution in [2.45, 2.75) is 43.8 Å². The van der Waals surface area contributed by atoms with Crippen molar-refractivity contribution in [1.29, 1.82) is 0 Å². The summed E-state index contributed by atoms with van der Waals surface area (Å²) < 4.78 is 5.51. The largest absolute Gasteiger partial charge is 0.378 e. The van der Waals surface area contributed by atoms with Crippen LogP contribution in [0.4, 0.5) is 0 Å². The van der Waals surface area contributed by atoms with Gasteiger partial charge >= 0.3 is 0 Å². The lowest BCUT2D eigenvalue weighted by molar-refractivity contribution is -0.134. The molecule has 21 heavy (non-hydrogen) atoms. The highest BCUT2D eigenvalue weighted by Crippen LogP contribution is 2.28. The van der Waals surface area contributed by atoms with E-state index in [4.69, 9.17) is 16.3 Å². The van der Waals surface area contributed by atoms with Crippen LogP contribution in [0.25, 0.3) is 0 Å². The van der Waals surface area contributed by atoms with Gasteiger partial charge in [-0.3, -0.25) is 9.69 Å². The Morgan fingerprint density at radius 3 is 3.14 bits per heavy atom. The maximum atomic E-state index is 12.4. The number of alkyl halides is 1. The van der Waals surface area contributed by atoms with Crippen molar-refractivity contribution in [2.75, 3.05) is 19.8 Å². The Morgan fingerprint density at radius 2 is 2.48 bits per heavy atom. The molecule has 1 saturated carbocycles. The molecule has 1 aliphatic carbocycles. The van der Waals surface area contributed by atoms with E-state index in [1.54, 1.807) is 11.3 Å². The molecule has 2 fully saturated rings. The van der Waals surface area contributed by atoms with E-state index in [9.17, 15) is 4.79 Å². The first-order valence-electron chi connectivity index (χ1n) is 7.33. The maximum Gasteiger partial charge on any atom is 0.239 e. The second kappa shape index (κ2) is 6.60. The lowest BCUT2D eigenvalue weighted by atomic mass is 10.1. The third kappa shape index (κ3) is 3.56. The molecule has 0 aromatic carbocycles. The number of ether oxygens (including phenoxy) is 1. The van der Waals surface area contributed by atoms with E-state index >= 15 is 0 Å². The minimum Gasteiger partial charge on any atom is -0.378 e. The third-order valence-corrected chi connectivity index (χ3v) is 5.30. The molecule has 1 N–H and O–H groups in total. The van der Waals surface area contributed by atoms with Gasteiger partial charge in [0.2, 0.25) is 5.91 Å². The van der Waals surface area contributed by atoms with E-state index in [0.717, 1.165) is 30.1 Å². The molecule has 2 aliphatic rings. The van der Waals surface area contributed by atoms with Crippen molar-refractivity contribution in [3.05, 3.63) is 16.1 Å². The van der Waals surface area contributed by atoms with Gasteiger partial charge in [-0.15, -0.1) is 22.9 Å². The highest BCUT2D eigenvalue weighted by atomic mass is 35.5. The van der Waals surface area contributed by atoms with Crippen LogP contribution in [0.5, 0.6) is 0 Å². The number of nitrogens with one attached hydrogen (secondary N) is 1. The molecule has 5 nitrogen and oxygen atoms in total. The zero-order valence-corrected chi connectivity index (χ0v) is 13.6. The number of aromatic nitrogens is 1. The lowest BCUT2D eigenvalue weighted by Gasteiger charge is -2.37. The Morgan fingerprint density at radius 1 is 1.67 bits per heavy atom. The number of carbonyl (C=O) groups is 1. The first kappa shape index (κ1) is 15.2. The van der Waals surface area contributed by atoms with Crippen LogP contribution in [0.1, 0.15) is 36.5 Å². The third-order valence-electron chi connectivity index (χ3n) is 3.96. The Kier molecular flexibility index (Phi) is 4.78. The van der Waals surface area contributed by atoms with Crippen molar-refractivity contribution < 1.29 is 9.53 Å². The highest BCUT2D eigenvalue weighted by Gasteiger charge is 2.36. The normalized spacial score (nSPS) is 24.8. The molecule has 1 saturated heterocycles. The fourth-order valence-electron chi connectivity index (χ4n) is 2.55. The lowest BCUT2D eigenvalue weighted by Crippen LogP contribution is -2.54. The van der Waals surface area contributed by atoms with Gasteiger partial charge in [0.05, 0.1) is 30.8 Å². The van der Waals surface area contributed by atoms with Gasteiger partial charge in [-0.25, -0.2) is 4.98 Å². The van der Waals surface area contributed by atoms with Crippen molar-refractivity contribution in [1.82, 2.24) is 15.2 Å². The van der Waals surface area contributed by atoms with Crippen LogP contribution in [0.15, 0.2) is 5.38 Å². The van der Waals surface area contributed by atoms with Gasteiger partial charge in [-0.1, -0.05) is 0 Å². The van der Waals surface area contributed by atoms with Gasteiger partial charge in [-0.2, -0.15) is 0 Å². The Labute approximate surface area is 133 Å². The van der Waals surface area contributed by atoms with E-state index in [-0.39, 0.29) is 18.0 Å². The van der Waals surface area contributed by atoms with E-state index in [0.29, 0.717) is 25.1 Å². The monoisotopic (exact) mass is 329 g/mol. The molecule has 0 radical (unpaired) electrons. The summed E-state index contributed by atoms with van der Waals surface area (Å²) in [6.45, 7) is 3.96. The van der Waals surface area contributed by atoms with E-state index in [2.05, 4.69) is 22.1 Å². The summed E-state index contributed by atoms with van der Waals surface area (Å²) in [6.07, 6.45) is 2.20. The van der Waals surface area contributed by atoms with E-state index < -0.39 is 0 Å². The standard InChI is InChI=1S/C14H20ClN3O2S/c1-9(14-17-11(6-15)8-21-14)18-4-5-20-7-12(18)13(19)16-10-2-3-10/h8-10,12H,2-7H2,1H3,(H,16,19). The van der Waals surface area contributed by atoms with Gasteiger partial charge in [0, 0.05) is 18.0 Å². The van der Waals surface area contributed by atoms with Crippen LogP contribution < -0.4 is 5.32 Å². The molecule has 1 aromatic heterocycles. The SMILES string of the molecule is CC(c1nc(CCl)cs1)N1CCOCC1C(=O)NC1CC1. The minimum atomic E-state index is -0.224. The van der Waals surface area contributed by atoms with Crippen molar-refractivity contribution in [3.8, 4) is 0 Å². The first-order valence-corrected chi connectivity index (χ1v) is 8.74. The summed E-state index contributed by atoms with van der Waals surface area (Å²) in [7, 11) is 0. The second-order valence-corrected chi connectivity index (χ2v) is 6.76. The molecule has 2 atom stereocenters. The molecule has 2 heterocycles. The number of morpholine rings is 1. The zero-order valence-electron chi connectivity index (χ0n) is 12.0. The predicted molar refractivity (Wildman–Crippen MR) is 82.6 cm³/mol. The zero-order chi connectivity index (χ0) is 14.8. The Bertz CT molecular complexity index is 506. The van der Waals surface area contributed by atoms with E-state index in [1.807, 2.05) is 5.38 Å². The maximum absolute atomic E-state index is 12.4. The van der Waals surface area contributed by atoms with Crippen LogP contribution in [-0.2, 0) is 15.4 Å². The first-order chi connectivity index (χ1) is 10.2. The number of hydrogen-bond acceptors (Lipinski definition) is 5. The van der Waals surface area contributed by atoms with Gasteiger partial charge in [0.25, 0.3) is 0 Å². The molecule has 1 amide bonds. The number of rotatable bonds is 5. The van der Waals surface area contributed by atoms with Gasteiger partial charge < -0.3 is 10.1 Å². The molecule has 3 rings (SSSR count). The van der Waals surface area contributed by atoms with Crippen LogP contribution >= 0.6 is 22.9 Å². The molecule has 1 aliphatic heterocycles. The molecular formula is C14H20ClN3O2S. The second-order valence-electron chi connectivity index (χ2n) is 5.60. The van der Waals surface area contributed by atoms with Crippen molar-refractivity contribution in [2.24, 2.45) is 0 Å². The van der Waals surface area contributed by atoms with Crippen LogP contribution in [-0.4, -0.2) is 47.6 Å². The van der Waals surface area contributed by atoms with Crippen LogP contribution in [0, 0.1) is 0 Å². The number of hydrogen-bond donors (Lipinski definition) is 1. The number of nitrogens with zero attached hydrogens (tertiary/aromatic N) is 2. The fraction of sp³-hybridized carbons (Fsp3) is 0.714. The van der Waals surface area contributed by atoms with Crippen molar-refractivity contribution in [3.63, 3.8) is 0 Å². The summed E-state index contributed by atoms with van der Waals surface area (Å²) >= 11 is 7.43. The highest BCUT2D eigenvalue weighted by molar-refractivity contribution is 7.09. The summed E-state index contributed by atoms with van der Waals surface area (Å²) in [5.74, 6) is 0.510. The summed E-state index contributed by atoms with van der Waals surface area (Å²) in [5, 5.41) is 6.07. The Hall–Kier alpha value is -0.690.